The third-order valence-electron chi connectivity index (χ3n) is 4.41. The molecule has 2 atom stereocenters. The first kappa shape index (κ1) is 15.7. The number of benzene rings is 1. The van der Waals surface area contributed by atoms with Gasteiger partial charge in [0, 0.05) is 36.3 Å². The molecule has 1 aromatic heterocycles. The summed E-state index contributed by atoms with van der Waals surface area (Å²) in [4.78, 5) is 10.7. The smallest absolute Gasteiger partial charge is 0.269 e. The monoisotopic (exact) mass is 314 g/mol. The van der Waals surface area contributed by atoms with Crippen molar-refractivity contribution in [1.29, 1.82) is 0 Å². The number of nitrogens with one attached hydrogen (secondary N) is 2. The lowest BCUT2D eigenvalue weighted by atomic mass is 9.87. The summed E-state index contributed by atoms with van der Waals surface area (Å²) < 4.78 is 0. The fraction of sp³-hybridized carbons (Fsp3) is 0.471. The second kappa shape index (κ2) is 6.50. The van der Waals surface area contributed by atoms with Gasteiger partial charge in [-0.3, -0.25) is 15.2 Å². The van der Waals surface area contributed by atoms with E-state index in [9.17, 15) is 10.1 Å². The molecule has 2 aromatic rings. The van der Waals surface area contributed by atoms with Gasteiger partial charge in [0.15, 0.2) is 0 Å². The van der Waals surface area contributed by atoms with Crippen molar-refractivity contribution in [3.05, 3.63) is 56.9 Å². The van der Waals surface area contributed by atoms with Crippen LogP contribution in [0.2, 0.25) is 0 Å². The van der Waals surface area contributed by atoms with Crippen LogP contribution in [0.5, 0.6) is 0 Å². The number of fused-ring (bicyclic) bond motifs is 1. The summed E-state index contributed by atoms with van der Waals surface area (Å²) in [6, 6.07) is 7.73. The summed E-state index contributed by atoms with van der Waals surface area (Å²) >= 11 is 0. The number of rotatable bonds is 5. The third-order valence-corrected chi connectivity index (χ3v) is 4.41. The third kappa shape index (κ3) is 3.59. The maximum Gasteiger partial charge on any atom is 0.269 e. The van der Waals surface area contributed by atoms with E-state index in [0.717, 1.165) is 42.6 Å². The Morgan fingerprint density at radius 1 is 1.48 bits per heavy atom. The van der Waals surface area contributed by atoms with Gasteiger partial charge in [0.25, 0.3) is 5.69 Å². The van der Waals surface area contributed by atoms with E-state index in [0.29, 0.717) is 0 Å². The molecule has 1 heterocycles. The number of nitro groups is 1. The van der Waals surface area contributed by atoms with Gasteiger partial charge in [-0.2, -0.15) is 5.10 Å². The highest BCUT2D eigenvalue weighted by Crippen LogP contribution is 2.32. The van der Waals surface area contributed by atoms with Gasteiger partial charge < -0.3 is 5.32 Å². The van der Waals surface area contributed by atoms with E-state index in [-0.39, 0.29) is 22.7 Å². The number of hydrogen-bond donors (Lipinski definition) is 2. The van der Waals surface area contributed by atoms with Crippen LogP contribution in [0.4, 0.5) is 5.69 Å². The normalized spacial score (nSPS) is 18.4. The fourth-order valence-electron chi connectivity index (χ4n) is 3.37. The Kier molecular flexibility index (Phi) is 4.43. The van der Waals surface area contributed by atoms with Crippen LogP contribution in [-0.4, -0.2) is 21.2 Å². The van der Waals surface area contributed by atoms with Crippen molar-refractivity contribution < 1.29 is 4.92 Å². The highest BCUT2D eigenvalue weighted by atomic mass is 16.6. The zero-order valence-corrected chi connectivity index (χ0v) is 13.5. The van der Waals surface area contributed by atoms with Crippen molar-refractivity contribution in [2.45, 2.75) is 51.6 Å². The molecule has 0 bridgehead atoms. The Morgan fingerprint density at radius 2 is 2.30 bits per heavy atom. The van der Waals surface area contributed by atoms with Gasteiger partial charge in [-0.1, -0.05) is 6.07 Å². The second-order valence-corrected chi connectivity index (χ2v) is 6.40. The Labute approximate surface area is 135 Å². The van der Waals surface area contributed by atoms with Crippen LogP contribution in [0, 0.1) is 17.0 Å². The minimum absolute atomic E-state index is 0.174. The lowest BCUT2D eigenvalue weighted by molar-refractivity contribution is -0.385. The lowest BCUT2D eigenvalue weighted by Gasteiger charge is -2.29. The number of nitrogens with zero attached hydrogens (tertiary/aromatic N) is 2. The van der Waals surface area contributed by atoms with Gasteiger partial charge >= 0.3 is 0 Å². The summed E-state index contributed by atoms with van der Waals surface area (Å²) in [5, 5.41) is 21.9. The first-order valence-electron chi connectivity index (χ1n) is 8.07. The number of non-ortho nitro benzene ring substituents is 1. The fourth-order valence-corrected chi connectivity index (χ4v) is 3.37. The molecule has 1 aromatic carbocycles. The van der Waals surface area contributed by atoms with Gasteiger partial charge in [0.1, 0.15) is 0 Å². The van der Waals surface area contributed by atoms with E-state index < -0.39 is 0 Å². The Hall–Kier alpha value is -2.21. The molecule has 6 nitrogen and oxygen atoms in total. The van der Waals surface area contributed by atoms with Crippen LogP contribution < -0.4 is 5.32 Å². The molecular formula is C17H22N4O2. The Morgan fingerprint density at radius 3 is 3.00 bits per heavy atom. The Bertz CT molecular complexity index is 710. The Balaban J connectivity index is 1.74. The maximum absolute atomic E-state index is 11.0. The van der Waals surface area contributed by atoms with Gasteiger partial charge in [-0.05, 0) is 50.3 Å². The minimum atomic E-state index is -0.318. The van der Waals surface area contributed by atoms with Crippen LogP contribution in [0.15, 0.2) is 24.3 Å². The molecule has 0 radical (unpaired) electrons. The minimum Gasteiger partial charge on any atom is -0.307 e. The molecule has 2 N–H and O–H groups in total. The first-order chi connectivity index (χ1) is 11.0. The molecule has 0 unspecified atom stereocenters. The molecule has 0 aliphatic heterocycles. The standard InChI is InChI=1S/C17H22N4O2/c1-11(8-14-9-12(2)19-20-14)18-17-5-3-4-13-6-7-15(21(22)23)10-16(13)17/h6-7,9-11,17-18H,3-5,8H2,1-2H3,(H,19,20)/t11-,17-/m1/s1. The molecule has 1 aliphatic carbocycles. The summed E-state index contributed by atoms with van der Waals surface area (Å²) in [6.07, 6.45) is 3.96. The molecular weight excluding hydrogens is 292 g/mol. The summed E-state index contributed by atoms with van der Waals surface area (Å²) in [5.74, 6) is 0. The van der Waals surface area contributed by atoms with Crippen molar-refractivity contribution in [3.63, 3.8) is 0 Å². The van der Waals surface area contributed by atoms with Gasteiger partial charge in [-0.25, -0.2) is 0 Å². The van der Waals surface area contributed by atoms with E-state index in [1.165, 1.54) is 5.56 Å². The predicted octanol–water partition coefficient (Wildman–Crippen LogP) is 3.22. The van der Waals surface area contributed by atoms with Gasteiger partial charge in [-0.15, -0.1) is 0 Å². The largest absolute Gasteiger partial charge is 0.307 e. The molecule has 0 amide bonds. The van der Waals surface area contributed by atoms with Crippen LogP contribution in [0.25, 0.3) is 0 Å². The number of H-pyrrole nitrogens is 1. The predicted molar refractivity (Wildman–Crippen MR) is 88.4 cm³/mol. The van der Waals surface area contributed by atoms with Crippen LogP contribution >= 0.6 is 0 Å². The molecule has 1 aliphatic rings. The summed E-state index contributed by atoms with van der Waals surface area (Å²) in [5.41, 5.74) is 4.58. The molecule has 122 valence electrons. The molecule has 0 saturated heterocycles. The van der Waals surface area contributed by atoms with Crippen LogP contribution in [0.1, 0.15) is 48.3 Å². The van der Waals surface area contributed by atoms with Crippen molar-refractivity contribution in [1.82, 2.24) is 15.5 Å². The summed E-state index contributed by atoms with van der Waals surface area (Å²) in [7, 11) is 0. The highest BCUT2D eigenvalue weighted by molar-refractivity contribution is 5.42. The van der Waals surface area contributed by atoms with E-state index in [4.69, 9.17) is 0 Å². The van der Waals surface area contributed by atoms with Crippen LogP contribution in [-0.2, 0) is 12.8 Å². The number of hydrogen-bond acceptors (Lipinski definition) is 4. The summed E-state index contributed by atoms with van der Waals surface area (Å²) in [6.45, 7) is 4.13. The van der Waals surface area contributed by atoms with Crippen molar-refractivity contribution in [3.8, 4) is 0 Å². The quantitative estimate of drug-likeness (QED) is 0.655. The molecule has 23 heavy (non-hydrogen) atoms. The maximum atomic E-state index is 11.0. The van der Waals surface area contributed by atoms with Gasteiger partial charge in [0.05, 0.1) is 10.6 Å². The van der Waals surface area contributed by atoms with Crippen LogP contribution in [0.3, 0.4) is 0 Å². The molecule has 0 fully saturated rings. The number of aromatic nitrogens is 2. The average molecular weight is 314 g/mol. The second-order valence-electron chi connectivity index (χ2n) is 6.40. The number of aryl methyl sites for hydroxylation is 2. The van der Waals surface area contributed by atoms with E-state index in [2.05, 4.69) is 28.5 Å². The highest BCUT2D eigenvalue weighted by Gasteiger charge is 2.24. The topological polar surface area (TPSA) is 83.8 Å². The number of aromatic amines is 1. The van der Waals surface area contributed by atoms with E-state index in [1.807, 2.05) is 13.0 Å². The molecule has 0 saturated carbocycles. The van der Waals surface area contributed by atoms with E-state index in [1.54, 1.807) is 12.1 Å². The number of nitro benzene ring substituents is 1. The molecule has 3 rings (SSSR count). The molecule has 0 spiro atoms. The van der Waals surface area contributed by atoms with E-state index >= 15 is 0 Å². The SMILES string of the molecule is Cc1cc(C[C@@H](C)N[C@@H]2CCCc3ccc([N+](=O)[O-])cc32)n[nH]1. The zero-order chi connectivity index (χ0) is 16.4. The first-order valence-corrected chi connectivity index (χ1v) is 8.07. The average Bonchev–Trinajstić information content (AvgIpc) is 2.92. The molecule has 6 heteroatoms. The lowest BCUT2D eigenvalue weighted by Crippen LogP contribution is -2.34. The zero-order valence-electron chi connectivity index (χ0n) is 13.5. The van der Waals surface area contributed by atoms with Crippen molar-refractivity contribution >= 4 is 5.69 Å². The van der Waals surface area contributed by atoms with Crippen molar-refractivity contribution in [2.75, 3.05) is 0 Å². The van der Waals surface area contributed by atoms with Gasteiger partial charge in [0.2, 0.25) is 0 Å². The van der Waals surface area contributed by atoms with Crippen molar-refractivity contribution in [2.24, 2.45) is 0 Å².